The highest BCUT2D eigenvalue weighted by atomic mass is 35.5. The van der Waals surface area contributed by atoms with Crippen molar-refractivity contribution in [1.82, 2.24) is 14.7 Å². The Kier molecular flexibility index (Phi) is 6.54. The molecular weight excluding hydrogens is 503 g/mol. The molecule has 8 heteroatoms. The number of nitrogens with zero attached hydrogens (tertiary/aromatic N) is 4. The van der Waals surface area contributed by atoms with Gasteiger partial charge in [-0.05, 0) is 72.9 Å². The van der Waals surface area contributed by atoms with Gasteiger partial charge in [0.15, 0.2) is 5.84 Å². The molecule has 1 aromatic heterocycles. The molecule has 1 aliphatic heterocycles. The highest BCUT2D eigenvalue weighted by Crippen LogP contribution is 2.44. The number of methoxy groups -OCH3 is 1. The van der Waals surface area contributed by atoms with E-state index in [1.54, 1.807) is 13.2 Å². The minimum absolute atomic E-state index is 0.338. The molecule has 194 valence electrons. The molecule has 1 fully saturated rings. The first kappa shape index (κ1) is 24.5. The first-order valence-corrected chi connectivity index (χ1v) is 13.2. The highest BCUT2D eigenvalue weighted by Gasteiger charge is 2.38. The zero-order valence-electron chi connectivity index (χ0n) is 21.3. The maximum atomic E-state index is 14.5. The molecule has 2 heterocycles. The number of benzene rings is 3. The van der Waals surface area contributed by atoms with Crippen LogP contribution in [0, 0.1) is 5.82 Å². The normalized spacial score (nSPS) is 17.6. The summed E-state index contributed by atoms with van der Waals surface area (Å²) in [4.78, 5) is 7.73. The highest BCUT2D eigenvalue weighted by molar-refractivity contribution is 6.31. The monoisotopic (exact) mass is 530 g/mol. The minimum Gasteiger partial charge on any atom is -0.497 e. The fraction of sp³-hybridized carbons (Fsp3) is 0.267. The van der Waals surface area contributed by atoms with Crippen LogP contribution in [0.25, 0.3) is 11.1 Å². The van der Waals surface area contributed by atoms with Crippen molar-refractivity contribution in [3.8, 4) is 16.9 Å². The van der Waals surface area contributed by atoms with Gasteiger partial charge in [-0.1, -0.05) is 41.0 Å². The number of halogens is 2. The maximum Gasteiger partial charge on any atom is 0.176 e. The Morgan fingerprint density at radius 3 is 2.58 bits per heavy atom. The van der Waals surface area contributed by atoms with E-state index in [2.05, 4.69) is 39.6 Å². The predicted molar refractivity (Wildman–Crippen MR) is 146 cm³/mol. The molecule has 2 aliphatic rings. The van der Waals surface area contributed by atoms with E-state index in [-0.39, 0.29) is 11.9 Å². The summed E-state index contributed by atoms with van der Waals surface area (Å²) in [5.74, 6) is 1.12. The molecule has 0 spiro atoms. The van der Waals surface area contributed by atoms with Crippen molar-refractivity contribution < 1.29 is 14.0 Å². The number of aromatic nitrogens is 2. The van der Waals surface area contributed by atoms with Gasteiger partial charge < -0.3 is 14.5 Å². The van der Waals surface area contributed by atoms with Crippen molar-refractivity contribution in [2.45, 2.75) is 38.4 Å². The van der Waals surface area contributed by atoms with Crippen LogP contribution < -0.4 is 4.74 Å². The van der Waals surface area contributed by atoms with Gasteiger partial charge in [-0.25, -0.2) is 4.39 Å². The Balaban J connectivity index is 1.48. The lowest BCUT2D eigenvalue weighted by Gasteiger charge is -2.28. The molecule has 1 saturated carbocycles. The largest absolute Gasteiger partial charge is 0.497 e. The Hall–Kier alpha value is -3.84. The lowest BCUT2D eigenvalue weighted by Crippen LogP contribution is -2.29. The lowest BCUT2D eigenvalue weighted by molar-refractivity contribution is 0.152. The second-order valence-corrected chi connectivity index (χ2v) is 10.0. The van der Waals surface area contributed by atoms with Gasteiger partial charge >= 0.3 is 0 Å². The molecule has 4 aromatic rings. The van der Waals surface area contributed by atoms with Gasteiger partial charge in [0.25, 0.3) is 0 Å². The van der Waals surface area contributed by atoms with E-state index >= 15 is 0 Å². The van der Waals surface area contributed by atoms with Crippen LogP contribution in [0.15, 0.2) is 78.2 Å². The average Bonchev–Trinajstić information content (AvgIpc) is 3.59. The summed E-state index contributed by atoms with van der Waals surface area (Å²) in [6.07, 6.45) is 6.36. The van der Waals surface area contributed by atoms with E-state index in [1.165, 1.54) is 25.0 Å². The topological polar surface area (TPSA) is 51.9 Å². The van der Waals surface area contributed by atoms with Crippen LogP contribution in [-0.4, -0.2) is 34.2 Å². The molecule has 1 unspecified atom stereocenters. The van der Waals surface area contributed by atoms with Gasteiger partial charge in [0.1, 0.15) is 18.2 Å². The first-order valence-electron chi connectivity index (χ1n) is 12.8. The molecule has 6 nitrogen and oxygen atoms in total. The second kappa shape index (κ2) is 10.1. The van der Waals surface area contributed by atoms with Crippen LogP contribution in [0.1, 0.15) is 54.1 Å². The maximum absolute atomic E-state index is 14.5. The molecular formula is C30H28ClFN4O2. The number of ether oxygens (including phenoxy) is 1. The predicted octanol–water partition coefficient (Wildman–Crippen LogP) is 6.99. The van der Waals surface area contributed by atoms with E-state index in [4.69, 9.17) is 21.2 Å². The third kappa shape index (κ3) is 4.63. The van der Waals surface area contributed by atoms with Crippen LogP contribution in [0.5, 0.6) is 5.75 Å². The van der Waals surface area contributed by atoms with Gasteiger partial charge in [0.2, 0.25) is 0 Å². The molecule has 0 radical (unpaired) electrons. The Bertz CT molecular complexity index is 1500. The van der Waals surface area contributed by atoms with Crippen LogP contribution in [0.2, 0.25) is 5.02 Å². The third-order valence-corrected chi connectivity index (χ3v) is 7.42. The molecule has 3 aromatic carbocycles. The molecule has 1 atom stereocenters. The Labute approximate surface area is 226 Å². The van der Waals surface area contributed by atoms with Crippen molar-refractivity contribution in [2.75, 3.05) is 13.7 Å². The van der Waals surface area contributed by atoms with Gasteiger partial charge in [0, 0.05) is 34.5 Å². The molecule has 6 rings (SSSR count). The van der Waals surface area contributed by atoms with Crippen LogP contribution in [-0.2, 0) is 11.4 Å². The summed E-state index contributed by atoms with van der Waals surface area (Å²) >= 11 is 6.68. The zero-order chi connectivity index (χ0) is 26.2. The SMILES string of the molecule is CCON=C1c2cc(-c3cnn(C4CC4)c3)ccc2C(c2cc(F)ccc2Cl)N1Cc1ccc(OC)cc1. The average molecular weight is 531 g/mol. The summed E-state index contributed by atoms with van der Waals surface area (Å²) in [6, 6.07) is 18.8. The quantitative estimate of drug-likeness (QED) is 0.230. The minimum atomic E-state index is -0.349. The molecule has 0 amide bonds. The smallest absolute Gasteiger partial charge is 0.176 e. The summed E-state index contributed by atoms with van der Waals surface area (Å²) in [6.45, 7) is 2.84. The van der Waals surface area contributed by atoms with Gasteiger partial charge in [-0.2, -0.15) is 5.10 Å². The number of hydrogen-bond acceptors (Lipinski definition) is 4. The third-order valence-electron chi connectivity index (χ3n) is 7.07. The number of oxime groups is 1. The van der Waals surface area contributed by atoms with E-state index in [0.29, 0.717) is 35.6 Å². The Morgan fingerprint density at radius 1 is 1.03 bits per heavy atom. The fourth-order valence-corrected chi connectivity index (χ4v) is 5.24. The standard InChI is InChI=1S/C30H28ClFN4O2/c1-3-38-34-30-26-14-20(21-16-33-36(18-21)23-8-9-23)6-12-25(26)29(27-15-22(32)7-13-28(27)31)35(30)17-19-4-10-24(37-2)11-5-19/h4-7,10-16,18,23,29H,3,8-9,17H2,1-2H3. The van der Waals surface area contributed by atoms with E-state index in [9.17, 15) is 4.39 Å². The van der Waals surface area contributed by atoms with Crippen LogP contribution in [0.4, 0.5) is 4.39 Å². The van der Waals surface area contributed by atoms with E-state index < -0.39 is 0 Å². The van der Waals surface area contributed by atoms with Crippen molar-refractivity contribution in [3.05, 3.63) is 106 Å². The van der Waals surface area contributed by atoms with Crippen molar-refractivity contribution >= 4 is 17.4 Å². The van der Waals surface area contributed by atoms with Crippen LogP contribution >= 0.6 is 11.6 Å². The molecule has 1 aliphatic carbocycles. The van der Waals surface area contributed by atoms with Crippen LogP contribution in [0.3, 0.4) is 0 Å². The van der Waals surface area contributed by atoms with E-state index in [1.807, 2.05) is 42.1 Å². The molecule has 0 bridgehead atoms. The molecule has 0 N–H and O–H groups in total. The van der Waals surface area contributed by atoms with Crippen molar-refractivity contribution in [1.29, 1.82) is 0 Å². The Morgan fingerprint density at radius 2 is 1.84 bits per heavy atom. The van der Waals surface area contributed by atoms with Gasteiger partial charge in [-0.15, -0.1) is 0 Å². The summed E-state index contributed by atoms with van der Waals surface area (Å²) in [5, 5.41) is 9.62. The van der Waals surface area contributed by atoms with Gasteiger partial charge in [0.05, 0.1) is 25.4 Å². The molecule has 0 saturated heterocycles. The fourth-order valence-electron chi connectivity index (χ4n) is 5.02. The zero-order valence-corrected chi connectivity index (χ0v) is 22.0. The summed E-state index contributed by atoms with van der Waals surface area (Å²) in [5.41, 5.74) is 5.72. The number of amidine groups is 1. The summed E-state index contributed by atoms with van der Waals surface area (Å²) < 4.78 is 21.9. The van der Waals surface area contributed by atoms with E-state index in [0.717, 1.165) is 33.6 Å². The van der Waals surface area contributed by atoms with Gasteiger partial charge in [-0.3, -0.25) is 4.68 Å². The molecule has 38 heavy (non-hydrogen) atoms. The second-order valence-electron chi connectivity index (χ2n) is 9.62. The number of rotatable bonds is 8. The van der Waals surface area contributed by atoms with Crippen molar-refractivity contribution in [3.63, 3.8) is 0 Å². The summed E-state index contributed by atoms with van der Waals surface area (Å²) in [7, 11) is 1.65. The first-order chi connectivity index (χ1) is 18.6. The lowest BCUT2D eigenvalue weighted by atomic mass is 9.95. The number of fused-ring (bicyclic) bond motifs is 1. The number of hydrogen-bond donors (Lipinski definition) is 0. The van der Waals surface area contributed by atoms with Crippen molar-refractivity contribution in [2.24, 2.45) is 5.16 Å².